The Morgan fingerprint density at radius 1 is 0.829 bits per heavy atom. The summed E-state index contributed by atoms with van der Waals surface area (Å²) >= 11 is 0. The molecule has 7 heteroatoms. The maximum atomic E-state index is 13.6. The van der Waals surface area contributed by atoms with E-state index < -0.39 is 0 Å². The van der Waals surface area contributed by atoms with E-state index >= 15 is 0 Å². The summed E-state index contributed by atoms with van der Waals surface area (Å²) in [6.45, 7) is 7.14. The predicted molar refractivity (Wildman–Crippen MR) is 163 cm³/mol. The zero-order valence-corrected chi connectivity index (χ0v) is 23.9. The van der Waals surface area contributed by atoms with Crippen molar-refractivity contribution >= 4 is 28.3 Å². The molecule has 216 valence electrons. The van der Waals surface area contributed by atoms with Gasteiger partial charge in [0.1, 0.15) is 0 Å². The number of amides is 2. The van der Waals surface area contributed by atoms with Gasteiger partial charge >= 0.3 is 0 Å². The van der Waals surface area contributed by atoms with Crippen LogP contribution in [-0.2, 0) is 33.7 Å². The minimum Gasteiger partial charge on any atom is -0.379 e. The summed E-state index contributed by atoms with van der Waals surface area (Å²) in [5.41, 5.74) is 4.81. The fourth-order valence-electron chi connectivity index (χ4n) is 6.67. The highest BCUT2D eigenvalue weighted by atomic mass is 16.5. The molecule has 2 amide bonds. The number of anilines is 1. The first kappa shape index (κ1) is 27.9. The Balaban J connectivity index is 1.11. The molecule has 2 N–H and O–H groups in total. The molecule has 0 unspecified atom stereocenters. The maximum absolute atomic E-state index is 13.6. The number of carbonyl (C=O) groups excluding carboxylic acids is 2. The van der Waals surface area contributed by atoms with Gasteiger partial charge in [-0.25, -0.2) is 0 Å². The number of fused-ring (bicyclic) bond motifs is 2. The molecule has 3 aliphatic rings. The van der Waals surface area contributed by atoms with Crippen molar-refractivity contribution in [3.05, 3.63) is 77.4 Å². The van der Waals surface area contributed by atoms with E-state index in [0.29, 0.717) is 32.6 Å². The van der Waals surface area contributed by atoms with Gasteiger partial charge in [-0.2, -0.15) is 0 Å². The minimum absolute atomic E-state index is 0.0104. The van der Waals surface area contributed by atoms with E-state index in [1.807, 2.05) is 6.07 Å². The van der Waals surface area contributed by atoms with Crippen molar-refractivity contribution in [3.63, 3.8) is 0 Å². The molecule has 41 heavy (non-hydrogen) atoms. The van der Waals surface area contributed by atoms with Gasteiger partial charge in [0.25, 0.3) is 0 Å². The number of likely N-dealkylation sites (tertiary alicyclic amines) is 1. The van der Waals surface area contributed by atoms with Crippen LogP contribution in [-0.4, -0.2) is 74.1 Å². The smallest absolute Gasteiger partial charge is 0.228 e. The molecule has 2 heterocycles. The van der Waals surface area contributed by atoms with Crippen LogP contribution in [0, 0.1) is 11.8 Å². The fraction of sp³-hybridized carbons (Fsp3) is 0.471. The van der Waals surface area contributed by atoms with Crippen molar-refractivity contribution < 1.29 is 14.3 Å². The fourth-order valence-corrected chi connectivity index (χ4v) is 6.67. The Kier molecular flexibility index (Phi) is 8.94. The lowest BCUT2D eigenvalue weighted by Crippen LogP contribution is -2.49. The van der Waals surface area contributed by atoms with Gasteiger partial charge in [0.15, 0.2) is 0 Å². The van der Waals surface area contributed by atoms with Crippen LogP contribution in [0.5, 0.6) is 0 Å². The molecule has 0 bridgehead atoms. The van der Waals surface area contributed by atoms with E-state index in [2.05, 4.69) is 75.0 Å². The van der Waals surface area contributed by atoms with Crippen molar-refractivity contribution in [2.45, 2.75) is 38.6 Å². The Morgan fingerprint density at radius 2 is 1.61 bits per heavy atom. The van der Waals surface area contributed by atoms with Gasteiger partial charge in [0.05, 0.1) is 25.0 Å². The molecule has 6 rings (SSSR count). The van der Waals surface area contributed by atoms with Gasteiger partial charge in [0, 0.05) is 45.0 Å². The second-order valence-electron chi connectivity index (χ2n) is 11.9. The first-order valence-electron chi connectivity index (χ1n) is 15.3. The standard InChI is InChI=1S/C34H42N4O3/c39-33(35-13-4-14-37-15-17-41-18-16-37)30-20-31(34(40)36-32-12-11-27-7-3-8-29(27)21-32)24-38(23-30)22-25-9-10-26-5-1-2-6-28(26)19-25/h1-2,5-6,9-12,19,21,30-31H,3-4,7-8,13-18,20,22-24H2,(H,35,39)(H,36,40)/t30-,31+/m0/s1. The van der Waals surface area contributed by atoms with Gasteiger partial charge in [-0.1, -0.05) is 42.5 Å². The summed E-state index contributed by atoms with van der Waals surface area (Å²) in [6, 6.07) is 21.2. The quantitative estimate of drug-likeness (QED) is 0.387. The lowest BCUT2D eigenvalue weighted by molar-refractivity contribution is -0.130. The molecule has 7 nitrogen and oxygen atoms in total. The number of nitrogens with one attached hydrogen (secondary N) is 2. The molecule has 3 aromatic rings. The van der Waals surface area contributed by atoms with Crippen LogP contribution >= 0.6 is 0 Å². The van der Waals surface area contributed by atoms with Gasteiger partial charge in [0.2, 0.25) is 11.8 Å². The lowest BCUT2D eigenvalue weighted by atomic mass is 9.87. The molecule has 0 aromatic heterocycles. The summed E-state index contributed by atoms with van der Waals surface area (Å²) < 4.78 is 5.43. The molecule has 0 spiro atoms. The molecule has 3 aromatic carbocycles. The number of rotatable bonds is 9. The number of hydrogen-bond donors (Lipinski definition) is 2. The Bertz CT molecular complexity index is 1370. The number of hydrogen-bond acceptors (Lipinski definition) is 5. The summed E-state index contributed by atoms with van der Waals surface area (Å²) in [6.07, 6.45) is 4.87. The zero-order chi connectivity index (χ0) is 28.0. The van der Waals surface area contributed by atoms with Gasteiger partial charge in [-0.3, -0.25) is 19.4 Å². The van der Waals surface area contributed by atoms with Crippen LogP contribution in [0.3, 0.4) is 0 Å². The van der Waals surface area contributed by atoms with Gasteiger partial charge in [-0.15, -0.1) is 0 Å². The molecule has 2 fully saturated rings. The van der Waals surface area contributed by atoms with Crippen LogP contribution in [0.1, 0.15) is 36.0 Å². The van der Waals surface area contributed by atoms with Crippen LogP contribution in [0.15, 0.2) is 60.7 Å². The molecule has 2 atom stereocenters. The average molecular weight is 555 g/mol. The molecule has 0 radical (unpaired) electrons. The Hall–Kier alpha value is -3.26. The molecule has 2 saturated heterocycles. The monoisotopic (exact) mass is 554 g/mol. The number of piperidine rings is 1. The average Bonchev–Trinajstić information content (AvgIpc) is 3.47. The highest BCUT2D eigenvalue weighted by Gasteiger charge is 2.35. The third kappa shape index (κ3) is 7.15. The highest BCUT2D eigenvalue weighted by Crippen LogP contribution is 2.28. The van der Waals surface area contributed by atoms with Crippen molar-refractivity contribution in [3.8, 4) is 0 Å². The van der Waals surface area contributed by atoms with E-state index in [1.165, 1.54) is 33.9 Å². The largest absolute Gasteiger partial charge is 0.379 e. The van der Waals surface area contributed by atoms with Crippen LogP contribution in [0.25, 0.3) is 10.8 Å². The number of ether oxygens (including phenoxy) is 1. The molecular formula is C34H42N4O3. The van der Waals surface area contributed by atoms with Crippen molar-refractivity contribution in [2.24, 2.45) is 11.8 Å². The molecule has 1 aliphatic carbocycles. The highest BCUT2D eigenvalue weighted by molar-refractivity contribution is 5.93. The topological polar surface area (TPSA) is 73.9 Å². The molecular weight excluding hydrogens is 512 g/mol. The van der Waals surface area contributed by atoms with Crippen LogP contribution < -0.4 is 10.6 Å². The summed E-state index contributed by atoms with van der Waals surface area (Å²) in [5.74, 6) is -0.397. The third-order valence-electron chi connectivity index (χ3n) is 8.91. The summed E-state index contributed by atoms with van der Waals surface area (Å²) in [5, 5.41) is 8.80. The normalized spacial score (nSPS) is 21.5. The van der Waals surface area contributed by atoms with Crippen LogP contribution in [0.2, 0.25) is 0 Å². The number of carbonyl (C=O) groups is 2. The summed E-state index contributed by atoms with van der Waals surface area (Å²) in [7, 11) is 0. The zero-order valence-electron chi connectivity index (χ0n) is 23.9. The number of nitrogens with zero attached hydrogens (tertiary/aromatic N) is 2. The van der Waals surface area contributed by atoms with Crippen molar-refractivity contribution in [1.29, 1.82) is 0 Å². The van der Waals surface area contributed by atoms with Crippen LogP contribution in [0.4, 0.5) is 5.69 Å². The SMILES string of the molecule is O=C(NCCCN1CCOCC1)[C@H]1C[C@@H](C(=O)Nc2ccc3c(c2)CCC3)CN(Cc2ccc3ccccc3c2)C1. The minimum atomic E-state index is -0.249. The first-order valence-corrected chi connectivity index (χ1v) is 15.3. The molecule has 0 saturated carbocycles. The van der Waals surface area contributed by atoms with E-state index in [-0.39, 0.29) is 23.7 Å². The number of aryl methyl sites for hydroxylation is 2. The van der Waals surface area contributed by atoms with E-state index in [1.54, 1.807) is 0 Å². The summed E-state index contributed by atoms with van der Waals surface area (Å²) in [4.78, 5) is 31.6. The van der Waals surface area contributed by atoms with Crippen molar-refractivity contribution in [1.82, 2.24) is 15.1 Å². The van der Waals surface area contributed by atoms with E-state index in [9.17, 15) is 9.59 Å². The lowest BCUT2D eigenvalue weighted by Gasteiger charge is -2.36. The second-order valence-corrected chi connectivity index (χ2v) is 11.9. The van der Waals surface area contributed by atoms with Gasteiger partial charge in [-0.05, 0) is 84.3 Å². The second kappa shape index (κ2) is 13.1. The third-order valence-corrected chi connectivity index (χ3v) is 8.91. The number of benzene rings is 3. The van der Waals surface area contributed by atoms with Gasteiger partial charge < -0.3 is 15.4 Å². The molecule has 2 aliphatic heterocycles. The van der Waals surface area contributed by atoms with E-state index in [0.717, 1.165) is 57.8 Å². The number of morpholine rings is 1. The predicted octanol–water partition coefficient (Wildman–Crippen LogP) is 4.24. The van der Waals surface area contributed by atoms with E-state index in [4.69, 9.17) is 4.74 Å². The Labute approximate surface area is 243 Å². The van der Waals surface area contributed by atoms with Crippen molar-refractivity contribution in [2.75, 3.05) is 57.8 Å². The first-order chi connectivity index (χ1) is 20.1. The Morgan fingerprint density at radius 3 is 2.46 bits per heavy atom. The maximum Gasteiger partial charge on any atom is 0.228 e.